The predicted molar refractivity (Wildman–Crippen MR) is 80.7 cm³/mol. The van der Waals surface area contributed by atoms with Crippen LogP contribution in [0.1, 0.15) is 48.0 Å². The molecular formula is C13H25N3O2S. The van der Waals surface area contributed by atoms with Crippen LogP contribution in [0, 0.1) is 5.41 Å². The lowest BCUT2D eigenvalue weighted by Gasteiger charge is -2.29. The van der Waals surface area contributed by atoms with Gasteiger partial charge in [0, 0.05) is 5.54 Å². The van der Waals surface area contributed by atoms with Crippen LogP contribution in [0.4, 0.5) is 0 Å². The van der Waals surface area contributed by atoms with Crippen LogP contribution in [0.25, 0.3) is 0 Å². The lowest BCUT2D eigenvalue weighted by molar-refractivity contribution is -0.132. The van der Waals surface area contributed by atoms with E-state index in [2.05, 4.69) is 10.6 Å². The maximum Gasteiger partial charge on any atom is 0.242 e. The van der Waals surface area contributed by atoms with Gasteiger partial charge in [0.25, 0.3) is 0 Å². The topological polar surface area (TPSA) is 84.2 Å². The second-order valence-corrected chi connectivity index (χ2v) is 6.42. The highest BCUT2D eigenvalue weighted by Gasteiger charge is 2.36. The third kappa shape index (κ3) is 5.14. The molecule has 2 unspecified atom stereocenters. The first-order valence-electron chi connectivity index (χ1n) is 6.37. The van der Waals surface area contributed by atoms with E-state index in [0.29, 0.717) is 6.42 Å². The number of carbonyl (C=O) groups is 2. The summed E-state index contributed by atoms with van der Waals surface area (Å²) in [7, 11) is 0. The summed E-state index contributed by atoms with van der Waals surface area (Å²) in [4.78, 5) is 24.2. The van der Waals surface area contributed by atoms with Gasteiger partial charge in [-0.15, -0.1) is 0 Å². The normalized spacial score (nSPS) is 16.1. The van der Waals surface area contributed by atoms with Crippen molar-refractivity contribution in [2.24, 2.45) is 11.1 Å². The van der Waals surface area contributed by atoms with E-state index in [-0.39, 0.29) is 22.3 Å². The monoisotopic (exact) mass is 287 g/mol. The van der Waals surface area contributed by atoms with Crippen molar-refractivity contribution in [3.05, 3.63) is 0 Å². The maximum atomic E-state index is 12.2. The highest BCUT2D eigenvalue weighted by molar-refractivity contribution is 7.80. The Morgan fingerprint density at radius 2 is 1.74 bits per heavy atom. The van der Waals surface area contributed by atoms with Gasteiger partial charge < -0.3 is 16.4 Å². The molecule has 0 aromatic rings. The van der Waals surface area contributed by atoms with Crippen LogP contribution < -0.4 is 16.4 Å². The SMILES string of the molecule is CCC(C)(C(=O)NC(C)C(=O)NC(C)(C)C)C(N)=S. The van der Waals surface area contributed by atoms with Gasteiger partial charge in [0.1, 0.15) is 6.04 Å². The lowest BCUT2D eigenvalue weighted by Crippen LogP contribution is -2.55. The van der Waals surface area contributed by atoms with Crippen LogP contribution in [-0.2, 0) is 9.59 Å². The zero-order valence-electron chi connectivity index (χ0n) is 12.6. The van der Waals surface area contributed by atoms with Crippen LogP contribution in [0.15, 0.2) is 0 Å². The number of hydrogen-bond acceptors (Lipinski definition) is 3. The van der Waals surface area contributed by atoms with Gasteiger partial charge in [0.2, 0.25) is 11.8 Å². The first-order valence-corrected chi connectivity index (χ1v) is 6.77. The van der Waals surface area contributed by atoms with Crippen molar-refractivity contribution < 1.29 is 9.59 Å². The Balaban J connectivity index is 4.74. The van der Waals surface area contributed by atoms with Gasteiger partial charge in [-0.3, -0.25) is 9.59 Å². The summed E-state index contributed by atoms with van der Waals surface area (Å²) >= 11 is 4.93. The molecule has 0 aromatic heterocycles. The zero-order chi connectivity index (χ0) is 15.4. The summed E-state index contributed by atoms with van der Waals surface area (Å²) in [6.07, 6.45) is 0.488. The molecule has 2 atom stereocenters. The minimum absolute atomic E-state index is 0.135. The van der Waals surface area contributed by atoms with Gasteiger partial charge in [-0.25, -0.2) is 0 Å². The molecule has 0 aliphatic heterocycles. The molecule has 0 radical (unpaired) electrons. The van der Waals surface area contributed by atoms with Gasteiger partial charge >= 0.3 is 0 Å². The molecule has 0 spiro atoms. The molecule has 0 aliphatic carbocycles. The van der Waals surface area contributed by atoms with Crippen molar-refractivity contribution in [2.75, 3.05) is 0 Å². The van der Waals surface area contributed by atoms with E-state index in [4.69, 9.17) is 18.0 Å². The fraction of sp³-hybridized carbons (Fsp3) is 0.769. The summed E-state index contributed by atoms with van der Waals surface area (Å²) in [5.74, 6) is -0.554. The third-order valence-electron chi connectivity index (χ3n) is 2.99. The number of hydrogen-bond donors (Lipinski definition) is 3. The Labute approximate surface area is 120 Å². The maximum absolute atomic E-state index is 12.2. The van der Waals surface area contributed by atoms with Crippen molar-refractivity contribution >= 4 is 29.0 Å². The molecule has 0 fully saturated rings. The summed E-state index contributed by atoms with van der Waals surface area (Å²) in [5, 5.41) is 5.46. The zero-order valence-corrected chi connectivity index (χ0v) is 13.4. The molecule has 0 aromatic carbocycles. The number of nitrogens with one attached hydrogen (secondary N) is 2. The summed E-state index contributed by atoms with van der Waals surface area (Å²) in [5.41, 5.74) is 4.34. The van der Waals surface area contributed by atoms with Gasteiger partial charge in [-0.2, -0.15) is 0 Å². The molecule has 5 nitrogen and oxygen atoms in total. The molecule has 110 valence electrons. The van der Waals surface area contributed by atoms with Gasteiger partial charge in [0.05, 0.1) is 10.4 Å². The quantitative estimate of drug-likeness (QED) is 0.661. The smallest absolute Gasteiger partial charge is 0.242 e. The number of amides is 2. The molecule has 6 heteroatoms. The second-order valence-electron chi connectivity index (χ2n) is 5.98. The fourth-order valence-electron chi connectivity index (χ4n) is 1.35. The van der Waals surface area contributed by atoms with E-state index >= 15 is 0 Å². The van der Waals surface area contributed by atoms with E-state index in [9.17, 15) is 9.59 Å². The van der Waals surface area contributed by atoms with E-state index in [1.165, 1.54) is 0 Å². The highest BCUT2D eigenvalue weighted by Crippen LogP contribution is 2.21. The molecule has 0 saturated carbocycles. The lowest BCUT2D eigenvalue weighted by atomic mass is 9.86. The fourth-order valence-corrected chi connectivity index (χ4v) is 1.58. The molecule has 4 N–H and O–H groups in total. The molecule has 2 amide bonds. The minimum atomic E-state index is -0.925. The molecule has 0 aliphatic rings. The largest absolute Gasteiger partial charge is 0.392 e. The van der Waals surface area contributed by atoms with Crippen molar-refractivity contribution in [3.8, 4) is 0 Å². The average molecular weight is 287 g/mol. The minimum Gasteiger partial charge on any atom is -0.392 e. The van der Waals surface area contributed by atoms with E-state index in [0.717, 1.165) is 0 Å². The third-order valence-corrected chi connectivity index (χ3v) is 3.44. The number of thiocarbonyl (C=S) groups is 1. The van der Waals surface area contributed by atoms with Crippen LogP contribution in [0.2, 0.25) is 0 Å². The molecule has 0 heterocycles. The number of nitrogens with two attached hydrogens (primary N) is 1. The van der Waals surface area contributed by atoms with Crippen LogP contribution in [-0.4, -0.2) is 28.4 Å². The molecule has 0 bridgehead atoms. The van der Waals surface area contributed by atoms with E-state index in [1.54, 1.807) is 13.8 Å². The Morgan fingerprint density at radius 3 is 2.05 bits per heavy atom. The highest BCUT2D eigenvalue weighted by atomic mass is 32.1. The molecule has 0 rings (SSSR count). The predicted octanol–water partition coefficient (Wildman–Crippen LogP) is 1.11. The number of carbonyl (C=O) groups excluding carboxylic acids is 2. The molecule has 0 saturated heterocycles. The Kier molecular flexibility index (Phi) is 5.93. The van der Waals surface area contributed by atoms with Gasteiger partial charge in [-0.1, -0.05) is 19.1 Å². The molecule has 19 heavy (non-hydrogen) atoms. The second kappa shape index (κ2) is 6.32. The van der Waals surface area contributed by atoms with E-state index < -0.39 is 11.5 Å². The standard InChI is InChI=1S/C13H25N3O2S/c1-7-13(6,10(14)19)11(18)15-8(2)9(17)16-12(3,4)5/h8H,7H2,1-6H3,(H2,14,19)(H,15,18)(H,16,17). The summed E-state index contributed by atoms with van der Waals surface area (Å²) in [6.45, 7) is 10.8. The van der Waals surface area contributed by atoms with Crippen molar-refractivity contribution in [1.29, 1.82) is 0 Å². The van der Waals surface area contributed by atoms with Crippen molar-refractivity contribution in [1.82, 2.24) is 10.6 Å². The Morgan fingerprint density at radius 1 is 1.26 bits per heavy atom. The van der Waals surface area contributed by atoms with Crippen molar-refractivity contribution in [3.63, 3.8) is 0 Å². The van der Waals surface area contributed by atoms with E-state index in [1.807, 2.05) is 27.7 Å². The van der Waals surface area contributed by atoms with Gasteiger partial charge in [0.15, 0.2) is 0 Å². The average Bonchev–Trinajstić information content (AvgIpc) is 2.24. The number of rotatable bonds is 5. The van der Waals surface area contributed by atoms with Gasteiger partial charge in [-0.05, 0) is 41.0 Å². The summed E-state index contributed by atoms with van der Waals surface area (Å²) in [6, 6.07) is -0.632. The van der Waals surface area contributed by atoms with Crippen molar-refractivity contribution in [2.45, 2.75) is 59.5 Å². The summed E-state index contributed by atoms with van der Waals surface area (Å²) < 4.78 is 0. The Hall–Kier alpha value is -1.17. The molecular weight excluding hydrogens is 262 g/mol. The first kappa shape index (κ1) is 17.8. The Bertz CT molecular complexity index is 377. The van der Waals surface area contributed by atoms with Crippen LogP contribution in [0.5, 0.6) is 0 Å². The van der Waals surface area contributed by atoms with Crippen LogP contribution in [0.3, 0.4) is 0 Å². The van der Waals surface area contributed by atoms with Crippen LogP contribution >= 0.6 is 12.2 Å². The first-order chi connectivity index (χ1) is 8.44.